The van der Waals surface area contributed by atoms with Gasteiger partial charge >= 0.3 is 0 Å². The van der Waals surface area contributed by atoms with Crippen LogP contribution in [0.15, 0.2) is 30.5 Å². The second kappa shape index (κ2) is 4.18. The lowest BCUT2D eigenvalue weighted by Crippen LogP contribution is -2.61. The molecule has 2 aromatic rings. The number of pyridine rings is 1. The molecule has 4 nitrogen and oxygen atoms in total. The maximum Gasteiger partial charge on any atom is 0.256 e. The molecule has 0 spiro atoms. The summed E-state index contributed by atoms with van der Waals surface area (Å²) in [6.07, 6.45) is 1.50. The fraction of sp³-hybridized carbons (Fsp3) is 0.286. The Labute approximate surface area is 115 Å². The molecule has 0 bridgehead atoms. The number of benzene rings is 1. The van der Waals surface area contributed by atoms with Gasteiger partial charge in [0.25, 0.3) is 5.91 Å². The highest BCUT2D eigenvalue weighted by atomic mass is 35.5. The Kier molecular flexibility index (Phi) is 2.73. The van der Waals surface area contributed by atoms with Gasteiger partial charge in [-0.1, -0.05) is 35.9 Å². The topological polar surface area (TPSA) is 53.4 Å². The van der Waals surface area contributed by atoms with Crippen molar-refractivity contribution in [2.24, 2.45) is 0 Å². The van der Waals surface area contributed by atoms with E-state index in [1.807, 2.05) is 24.3 Å². The van der Waals surface area contributed by atoms with Crippen LogP contribution in [-0.2, 0) is 0 Å². The number of hydrogen-bond donors (Lipinski definition) is 1. The van der Waals surface area contributed by atoms with Crippen LogP contribution in [0, 0.1) is 0 Å². The summed E-state index contributed by atoms with van der Waals surface area (Å²) >= 11 is 6.03. The minimum absolute atomic E-state index is 0.119. The number of fused-ring (bicyclic) bond motifs is 1. The third-order valence-corrected chi connectivity index (χ3v) is 3.63. The SMILES string of the molecule is CC1(O)CN(C(=O)c2cnc(Cl)c3ccccc23)C1. The molecule has 1 amide bonds. The van der Waals surface area contributed by atoms with E-state index in [1.54, 1.807) is 11.8 Å². The first-order chi connectivity index (χ1) is 8.98. The Hall–Kier alpha value is -1.65. The zero-order valence-electron chi connectivity index (χ0n) is 10.4. The van der Waals surface area contributed by atoms with E-state index in [1.165, 1.54) is 6.20 Å². The Morgan fingerprint density at radius 1 is 1.37 bits per heavy atom. The van der Waals surface area contributed by atoms with Crippen LogP contribution in [0.25, 0.3) is 10.8 Å². The predicted octanol–water partition coefficient (Wildman–Crippen LogP) is 2.10. The second-order valence-corrected chi connectivity index (χ2v) is 5.52. The molecule has 0 atom stereocenters. The highest BCUT2D eigenvalue weighted by Gasteiger charge is 2.40. The Balaban J connectivity index is 2.02. The Morgan fingerprint density at radius 3 is 2.63 bits per heavy atom. The summed E-state index contributed by atoms with van der Waals surface area (Å²) in [6.45, 7) is 2.42. The summed E-state index contributed by atoms with van der Waals surface area (Å²) in [5.41, 5.74) is -0.249. The first-order valence-electron chi connectivity index (χ1n) is 6.03. The summed E-state index contributed by atoms with van der Waals surface area (Å²) in [7, 11) is 0. The van der Waals surface area contributed by atoms with E-state index in [4.69, 9.17) is 11.6 Å². The second-order valence-electron chi connectivity index (χ2n) is 5.17. The van der Waals surface area contributed by atoms with Gasteiger partial charge in [-0.25, -0.2) is 4.98 Å². The summed E-state index contributed by atoms with van der Waals surface area (Å²) < 4.78 is 0. The van der Waals surface area contributed by atoms with Gasteiger partial charge in [-0.2, -0.15) is 0 Å². The van der Waals surface area contributed by atoms with Crippen LogP contribution in [0.2, 0.25) is 5.15 Å². The standard InChI is InChI=1S/C14H13ClN2O2/c1-14(19)7-17(8-14)13(18)11-6-16-12(15)10-5-3-2-4-9(10)11/h2-6,19H,7-8H2,1H3. The van der Waals surface area contributed by atoms with E-state index in [0.29, 0.717) is 23.8 Å². The van der Waals surface area contributed by atoms with Crippen molar-refractivity contribution in [3.8, 4) is 0 Å². The zero-order chi connectivity index (χ0) is 13.6. The van der Waals surface area contributed by atoms with Crippen molar-refractivity contribution < 1.29 is 9.90 Å². The van der Waals surface area contributed by atoms with Crippen molar-refractivity contribution in [2.75, 3.05) is 13.1 Å². The fourth-order valence-corrected chi connectivity index (χ4v) is 2.63. The van der Waals surface area contributed by atoms with E-state index >= 15 is 0 Å². The Bertz CT molecular complexity index is 662. The summed E-state index contributed by atoms with van der Waals surface area (Å²) in [4.78, 5) is 18.0. The van der Waals surface area contributed by atoms with Crippen molar-refractivity contribution in [3.63, 3.8) is 0 Å². The quantitative estimate of drug-likeness (QED) is 0.812. The molecule has 19 heavy (non-hydrogen) atoms. The van der Waals surface area contributed by atoms with Gasteiger partial charge in [-0.05, 0) is 12.3 Å². The molecule has 1 saturated heterocycles. The minimum Gasteiger partial charge on any atom is -0.386 e. The molecule has 1 aromatic heterocycles. The highest BCUT2D eigenvalue weighted by molar-refractivity contribution is 6.34. The summed E-state index contributed by atoms with van der Waals surface area (Å²) in [5.74, 6) is -0.119. The zero-order valence-corrected chi connectivity index (χ0v) is 11.2. The molecule has 1 aromatic carbocycles. The molecule has 1 N–H and O–H groups in total. The van der Waals surface area contributed by atoms with Crippen LogP contribution in [0.4, 0.5) is 0 Å². The molecular formula is C14H13ClN2O2. The number of rotatable bonds is 1. The van der Waals surface area contributed by atoms with E-state index in [2.05, 4.69) is 4.98 Å². The van der Waals surface area contributed by atoms with Crippen LogP contribution >= 0.6 is 11.6 Å². The van der Waals surface area contributed by atoms with E-state index < -0.39 is 5.60 Å². The number of carbonyl (C=O) groups excluding carboxylic acids is 1. The van der Waals surface area contributed by atoms with Crippen molar-refractivity contribution in [1.29, 1.82) is 0 Å². The molecular weight excluding hydrogens is 264 g/mol. The number of carbonyl (C=O) groups is 1. The third-order valence-electron chi connectivity index (χ3n) is 3.33. The fourth-order valence-electron chi connectivity index (χ4n) is 2.42. The lowest BCUT2D eigenvalue weighted by molar-refractivity contribution is -0.0668. The molecule has 5 heteroatoms. The average molecular weight is 277 g/mol. The van der Waals surface area contributed by atoms with Crippen LogP contribution in [0.5, 0.6) is 0 Å². The normalized spacial score (nSPS) is 17.3. The predicted molar refractivity (Wildman–Crippen MR) is 73.3 cm³/mol. The van der Waals surface area contributed by atoms with Crippen LogP contribution in [0.3, 0.4) is 0 Å². The number of aliphatic hydroxyl groups is 1. The number of halogens is 1. The largest absolute Gasteiger partial charge is 0.386 e. The number of amides is 1. The third kappa shape index (κ3) is 2.07. The maximum absolute atomic E-state index is 12.4. The van der Waals surface area contributed by atoms with Crippen LogP contribution in [0.1, 0.15) is 17.3 Å². The van der Waals surface area contributed by atoms with E-state index in [0.717, 1.165) is 10.8 Å². The van der Waals surface area contributed by atoms with Crippen LogP contribution < -0.4 is 0 Å². The van der Waals surface area contributed by atoms with Crippen molar-refractivity contribution in [2.45, 2.75) is 12.5 Å². The molecule has 0 aliphatic carbocycles. The Morgan fingerprint density at radius 2 is 2.00 bits per heavy atom. The number of nitrogens with zero attached hydrogens (tertiary/aromatic N) is 2. The van der Waals surface area contributed by atoms with Gasteiger partial charge in [-0.3, -0.25) is 4.79 Å². The maximum atomic E-state index is 12.4. The molecule has 0 saturated carbocycles. The smallest absolute Gasteiger partial charge is 0.256 e. The van der Waals surface area contributed by atoms with Crippen molar-refractivity contribution >= 4 is 28.3 Å². The van der Waals surface area contributed by atoms with Gasteiger partial charge in [-0.15, -0.1) is 0 Å². The lowest BCUT2D eigenvalue weighted by atomic mass is 9.95. The molecule has 0 radical (unpaired) electrons. The van der Waals surface area contributed by atoms with Gasteiger partial charge in [0.05, 0.1) is 24.3 Å². The van der Waals surface area contributed by atoms with E-state index in [9.17, 15) is 9.90 Å². The molecule has 3 rings (SSSR count). The lowest BCUT2D eigenvalue weighted by Gasteiger charge is -2.44. The van der Waals surface area contributed by atoms with Crippen molar-refractivity contribution in [3.05, 3.63) is 41.2 Å². The van der Waals surface area contributed by atoms with Gasteiger partial charge in [0.2, 0.25) is 0 Å². The van der Waals surface area contributed by atoms with Crippen molar-refractivity contribution in [1.82, 2.24) is 9.88 Å². The first-order valence-corrected chi connectivity index (χ1v) is 6.41. The van der Waals surface area contributed by atoms with Crippen LogP contribution in [-0.4, -0.2) is 39.6 Å². The molecule has 2 heterocycles. The number of likely N-dealkylation sites (tertiary alicyclic amines) is 1. The number of hydrogen-bond acceptors (Lipinski definition) is 3. The molecule has 98 valence electrons. The van der Waals surface area contributed by atoms with Gasteiger partial charge in [0, 0.05) is 11.6 Å². The van der Waals surface area contributed by atoms with Gasteiger partial charge in [0.1, 0.15) is 5.15 Å². The van der Waals surface area contributed by atoms with Gasteiger partial charge < -0.3 is 10.0 Å². The summed E-state index contributed by atoms with van der Waals surface area (Å²) in [6, 6.07) is 7.42. The van der Waals surface area contributed by atoms with E-state index in [-0.39, 0.29) is 5.91 Å². The first kappa shape index (κ1) is 12.4. The average Bonchev–Trinajstić information content (AvgIpc) is 2.36. The monoisotopic (exact) mass is 276 g/mol. The molecule has 1 aliphatic rings. The molecule has 1 aliphatic heterocycles. The number of β-amino-alcohol motifs (C(OH)–C–C–N with tert-alkyl or cyclic N) is 1. The number of aromatic nitrogens is 1. The highest BCUT2D eigenvalue weighted by Crippen LogP contribution is 2.28. The molecule has 0 unspecified atom stereocenters. The molecule has 1 fully saturated rings. The summed E-state index contributed by atoms with van der Waals surface area (Å²) in [5, 5.41) is 11.7. The minimum atomic E-state index is -0.773. The van der Waals surface area contributed by atoms with Gasteiger partial charge in [0.15, 0.2) is 0 Å².